The lowest BCUT2D eigenvalue weighted by molar-refractivity contribution is -0.122. The van der Waals surface area contributed by atoms with E-state index < -0.39 is 0 Å². The van der Waals surface area contributed by atoms with Crippen LogP contribution in [0.2, 0.25) is 0 Å². The van der Waals surface area contributed by atoms with Crippen molar-refractivity contribution in [2.75, 3.05) is 19.1 Å². The van der Waals surface area contributed by atoms with Crippen LogP contribution in [0.1, 0.15) is 16.7 Å². The highest BCUT2D eigenvalue weighted by molar-refractivity contribution is 6.23. The Morgan fingerprint density at radius 3 is 1.67 bits per heavy atom. The predicted molar refractivity (Wildman–Crippen MR) is 139 cm³/mol. The molecular formula is C31H27NO4. The molecule has 5 nitrogen and oxygen atoms in total. The van der Waals surface area contributed by atoms with E-state index >= 15 is 0 Å². The van der Waals surface area contributed by atoms with Gasteiger partial charge in [-0.3, -0.25) is 9.59 Å². The van der Waals surface area contributed by atoms with Crippen LogP contribution >= 0.6 is 0 Å². The molecule has 1 saturated heterocycles. The number of amides is 2. The maximum Gasteiger partial charge on any atom is 0.238 e. The fourth-order valence-electron chi connectivity index (χ4n) is 6.13. The number of carbonyl (C=O) groups excluding carboxylic acids is 2. The molecule has 3 aromatic rings. The van der Waals surface area contributed by atoms with Crippen molar-refractivity contribution in [2.45, 2.75) is 6.92 Å². The van der Waals surface area contributed by atoms with Crippen LogP contribution in [0.3, 0.4) is 0 Å². The number of nitrogens with zero attached hydrogens (tertiary/aromatic N) is 1. The van der Waals surface area contributed by atoms with Crippen LogP contribution in [-0.4, -0.2) is 26.0 Å². The fourth-order valence-corrected chi connectivity index (χ4v) is 6.13. The van der Waals surface area contributed by atoms with Gasteiger partial charge in [0.05, 0.1) is 31.7 Å². The Hall–Kier alpha value is -4.12. The van der Waals surface area contributed by atoms with Gasteiger partial charge in [-0.05, 0) is 71.2 Å². The van der Waals surface area contributed by atoms with Gasteiger partial charge in [0.15, 0.2) is 0 Å². The summed E-state index contributed by atoms with van der Waals surface area (Å²) in [7, 11) is 3.30. The van der Waals surface area contributed by atoms with Gasteiger partial charge in [-0.2, -0.15) is 0 Å². The topological polar surface area (TPSA) is 55.8 Å². The lowest BCUT2D eigenvalue weighted by atomic mass is 9.85. The molecule has 2 amide bonds. The smallest absolute Gasteiger partial charge is 0.238 e. The number of methoxy groups -OCH3 is 2. The number of anilines is 1. The Balaban J connectivity index is 1.48. The quantitative estimate of drug-likeness (QED) is 0.363. The first-order valence-corrected chi connectivity index (χ1v) is 12.2. The average molecular weight is 478 g/mol. The van der Waals surface area contributed by atoms with Crippen LogP contribution < -0.4 is 14.4 Å². The minimum atomic E-state index is -0.380. The van der Waals surface area contributed by atoms with Crippen LogP contribution in [0, 0.1) is 30.6 Å². The van der Waals surface area contributed by atoms with E-state index in [2.05, 4.69) is 12.2 Å². The first-order valence-electron chi connectivity index (χ1n) is 12.2. The molecule has 1 heterocycles. The fraction of sp³-hybridized carbons (Fsp3) is 0.226. The third kappa shape index (κ3) is 3.30. The molecule has 0 spiro atoms. The van der Waals surface area contributed by atoms with Crippen LogP contribution in [-0.2, 0) is 9.59 Å². The molecule has 3 aliphatic rings. The zero-order chi connectivity index (χ0) is 25.0. The molecule has 2 bridgehead atoms. The standard InChI is InChI=1S/C31H27NO4/c1-18-5-4-6-21(17-18)32-30(33)28-24-15-16-25(29(28)31(32)34)27(24)26(19-7-11-22(35-2)12-8-19)20-9-13-23(36-3)14-10-20/h4-17,24-25,28-29H,1-3H3/t24-,25+,28+,29-. The lowest BCUT2D eigenvalue weighted by Crippen LogP contribution is -2.33. The number of ether oxygens (including phenoxy) is 2. The normalized spacial score (nSPS) is 23.9. The van der Waals surface area contributed by atoms with Crippen molar-refractivity contribution in [3.8, 4) is 11.5 Å². The highest BCUT2D eigenvalue weighted by atomic mass is 16.5. The maximum absolute atomic E-state index is 13.7. The largest absolute Gasteiger partial charge is 0.497 e. The predicted octanol–water partition coefficient (Wildman–Crippen LogP) is 5.44. The molecule has 6 rings (SSSR count). The third-order valence-corrected chi connectivity index (χ3v) is 7.72. The van der Waals surface area contributed by atoms with Crippen molar-refractivity contribution in [3.05, 3.63) is 107 Å². The Morgan fingerprint density at radius 1 is 0.722 bits per heavy atom. The van der Waals surface area contributed by atoms with E-state index in [1.165, 1.54) is 4.90 Å². The number of rotatable bonds is 5. The summed E-state index contributed by atoms with van der Waals surface area (Å²) in [5, 5.41) is 0. The van der Waals surface area contributed by atoms with Gasteiger partial charge in [0.2, 0.25) is 11.8 Å². The highest BCUT2D eigenvalue weighted by Crippen LogP contribution is 2.59. The molecule has 0 radical (unpaired) electrons. The van der Waals surface area contributed by atoms with E-state index in [0.717, 1.165) is 39.3 Å². The van der Waals surface area contributed by atoms with Gasteiger partial charge in [-0.15, -0.1) is 0 Å². The van der Waals surface area contributed by atoms with Gasteiger partial charge in [0.25, 0.3) is 0 Å². The van der Waals surface area contributed by atoms with Gasteiger partial charge >= 0.3 is 0 Å². The second-order valence-corrected chi connectivity index (χ2v) is 9.63. The Morgan fingerprint density at radius 2 is 1.22 bits per heavy atom. The molecule has 1 aliphatic heterocycles. The number of hydrogen-bond donors (Lipinski definition) is 0. The second-order valence-electron chi connectivity index (χ2n) is 9.63. The summed E-state index contributed by atoms with van der Waals surface area (Å²) in [5.41, 5.74) is 5.96. The summed E-state index contributed by atoms with van der Waals surface area (Å²) in [6, 6.07) is 23.6. The van der Waals surface area contributed by atoms with Gasteiger partial charge in [0.1, 0.15) is 11.5 Å². The Kier molecular flexibility index (Phi) is 5.29. The van der Waals surface area contributed by atoms with Crippen molar-refractivity contribution in [1.29, 1.82) is 0 Å². The van der Waals surface area contributed by atoms with Crippen molar-refractivity contribution in [3.63, 3.8) is 0 Å². The summed E-state index contributed by atoms with van der Waals surface area (Å²) < 4.78 is 10.8. The summed E-state index contributed by atoms with van der Waals surface area (Å²) in [6.07, 6.45) is 4.25. The molecule has 2 aliphatic carbocycles. The molecule has 0 N–H and O–H groups in total. The minimum Gasteiger partial charge on any atom is -0.497 e. The van der Waals surface area contributed by atoms with E-state index in [1.54, 1.807) is 14.2 Å². The summed E-state index contributed by atoms with van der Waals surface area (Å²) in [4.78, 5) is 28.9. The number of aryl methyl sites for hydroxylation is 1. The van der Waals surface area contributed by atoms with Crippen LogP contribution in [0.4, 0.5) is 5.69 Å². The van der Waals surface area contributed by atoms with Gasteiger partial charge in [-0.1, -0.05) is 48.6 Å². The molecule has 4 atom stereocenters. The molecule has 0 unspecified atom stereocenters. The van der Waals surface area contributed by atoms with Crippen LogP contribution in [0.5, 0.6) is 11.5 Å². The van der Waals surface area contributed by atoms with E-state index in [4.69, 9.17) is 9.47 Å². The zero-order valence-corrected chi connectivity index (χ0v) is 20.5. The summed E-state index contributed by atoms with van der Waals surface area (Å²) in [5.74, 6) is 0.352. The van der Waals surface area contributed by atoms with Crippen LogP contribution in [0.25, 0.3) is 5.57 Å². The summed E-state index contributed by atoms with van der Waals surface area (Å²) >= 11 is 0. The lowest BCUT2D eigenvalue weighted by Gasteiger charge is -2.22. The second kappa shape index (κ2) is 8.52. The van der Waals surface area contributed by atoms with Gasteiger partial charge in [0, 0.05) is 11.8 Å². The number of carbonyl (C=O) groups is 2. The molecule has 0 aromatic heterocycles. The maximum atomic E-state index is 13.7. The number of hydrogen-bond acceptors (Lipinski definition) is 4. The van der Waals surface area contributed by atoms with Crippen molar-refractivity contribution in [1.82, 2.24) is 0 Å². The minimum absolute atomic E-state index is 0.103. The molecule has 180 valence electrons. The van der Waals surface area contributed by atoms with E-state index in [-0.39, 0.29) is 35.5 Å². The van der Waals surface area contributed by atoms with Crippen LogP contribution in [0.15, 0.2) is 90.5 Å². The Bertz CT molecular complexity index is 1330. The van der Waals surface area contributed by atoms with Crippen molar-refractivity contribution >= 4 is 23.1 Å². The zero-order valence-electron chi connectivity index (χ0n) is 20.5. The van der Waals surface area contributed by atoms with E-state index in [1.807, 2.05) is 79.7 Å². The molecule has 3 aromatic carbocycles. The van der Waals surface area contributed by atoms with E-state index in [0.29, 0.717) is 5.69 Å². The summed E-state index contributed by atoms with van der Waals surface area (Å²) in [6.45, 7) is 1.97. The van der Waals surface area contributed by atoms with Gasteiger partial charge < -0.3 is 9.47 Å². The molecule has 36 heavy (non-hydrogen) atoms. The van der Waals surface area contributed by atoms with Gasteiger partial charge in [-0.25, -0.2) is 4.90 Å². The van der Waals surface area contributed by atoms with E-state index in [9.17, 15) is 9.59 Å². The number of imide groups is 1. The number of benzene rings is 3. The SMILES string of the molecule is COc1ccc(C(=C2[C@H]3C=C[C@@H]2[C@H]2C(=O)N(c4cccc(C)c4)C(=O)[C@H]23)c2ccc(OC)cc2)cc1. The average Bonchev–Trinajstić information content (AvgIpc) is 3.54. The first kappa shape index (κ1) is 22.4. The van der Waals surface area contributed by atoms with Crippen molar-refractivity contribution < 1.29 is 19.1 Å². The van der Waals surface area contributed by atoms with Crippen molar-refractivity contribution in [2.24, 2.45) is 23.7 Å². The monoisotopic (exact) mass is 477 g/mol. The number of fused-ring (bicyclic) bond motifs is 5. The highest BCUT2D eigenvalue weighted by Gasteiger charge is 2.62. The third-order valence-electron chi connectivity index (χ3n) is 7.72. The first-order chi connectivity index (χ1) is 17.5. The number of allylic oxidation sites excluding steroid dienone is 3. The molecule has 5 heteroatoms. The Labute approximate surface area is 210 Å². The molecule has 1 saturated carbocycles. The molecular weight excluding hydrogens is 450 g/mol. The molecule has 2 fully saturated rings.